The van der Waals surface area contributed by atoms with Gasteiger partial charge in [0.25, 0.3) is 0 Å². The summed E-state index contributed by atoms with van der Waals surface area (Å²) in [5.74, 6) is -0.991. The van der Waals surface area contributed by atoms with Crippen LogP contribution in [0.4, 0.5) is 24.5 Å². The number of thiophene rings is 1. The third kappa shape index (κ3) is 5.75. The number of carbonyl (C=O) groups excluding carboxylic acids is 1. The summed E-state index contributed by atoms with van der Waals surface area (Å²) in [6.07, 6.45) is 4.39. The summed E-state index contributed by atoms with van der Waals surface area (Å²) in [6.45, 7) is 10.1. The van der Waals surface area contributed by atoms with Crippen molar-refractivity contribution in [2.24, 2.45) is 0 Å². The Bertz CT molecular complexity index is 1970. The lowest BCUT2D eigenvalue weighted by molar-refractivity contribution is -0.0271. The minimum absolute atomic E-state index is 0.0480. The molecule has 2 saturated heterocycles. The van der Waals surface area contributed by atoms with Gasteiger partial charge in [0.2, 0.25) is 5.95 Å². The number of benzene rings is 1. The highest BCUT2D eigenvalue weighted by molar-refractivity contribution is 7.23. The van der Waals surface area contributed by atoms with Gasteiger partial charge in [0, 0.05) is 48.2 Å². The molecule has 3 aromatic heterocycles. The van der Waals surface area contributed by atoms with Crippen molar-refractivity contribution in [3.05, 3.63) is 40.7 Å². The summed E-state index contributed by atoms with van der Waals surface area (Å²) in [5.41, 5.74) is -0.107. The molecule has 2 fully saturated rings. The third-order valence-corrected chi connectivity index (χ3v) is 10.1. The Balaban J connectivity index is 1.31. The molecule has 0 spiro atoms. The zero-order valence-electron chi connectivity index (χ0n) is 26.6. The van der Waals surface area contributed by atoms with Gasteiger partial charge in [-0.25, -0.2) is 23.5 Å². The topological polar surface area (TPSA) is 137 Å². The molecule has 3 aliphatic heterocycles. The molecule has 0 bridgehead atoms. The van der Waals surface area contributed by atoms with Crippen molar-refractivity contribution >= 4 is 49.4 Å². The van der Waals surface area contributed by atoms with E-state index in [-0.39, 0.29) is 56.7 Å². The van der Waals surface area contributed by atoms with Crippen LogP contribution in [-0.4, -0.2) is 74.5 Å². The highest BCUT2D eigenvalue weighted by atomic mass is 32.1. The van der Waals surface area contributed by atoms with E-state index >= 15 is 8.78 Å². The van der Waals surface area contributed by atoms with E-state index in [9.17, 15) is 15.2 Å². The van der Waals surface area contributed by atoms with Crippen molar-refractivity contribution in [3.8, 4) is 17.3 Å². The van der Waals surface area contributed by atoms with Crippen molar-refractivity contribution in [3.63, 3.8) is 0 Å². The predicted molar refractivity (Wildman–Crippen MR) is 173 cm³/mol. The molecule has 1 unspecified atom stereocenters. The average Bonchev–Trinajstić information content (AvgIpc) is 3.76. The first kappa shape index (κ1) is 31.6. The second kappa shape index (κ2) is 11.6. The number of aromatic nitrogens is 3. The quantitative estimate of drug-likeness (QED) is 0.273. The van der Waals surface area contributed by atoms with Crippen LogP contribution < -0.4 is 10.2 Å². The number of pyridine rings is 1. The Morgan fingerprint density at radius 3 is 2.77 bits per heavy atom. The fourth-order valence-electron chi connectivity index (χ4n) is 6.95. The fourth-order valence-corrected chi connectivity index (χ4v) is 7.98. The maximum atomic E-state index is 16.9. The number of nitrogens with one attached hydrogen (secondary N) is 1. The molecule has 2 N–H and O–H groups in total. The second-order valence-electron chi connectivity index (χ2n) is 13.7. The van der Waals surface area contributed by atoms with Gasteiger partial charge < -0.3 is 19.5 Å². The van der Waals surface area contributed by atoms with Crippen LogP contribution in [0.1, 0.15) is 63.6 Å². The Kier molecular flexibility index (Phi) is 7.78. The van der Waals surface area contributed by atoms with E-state index in [1.807, 2.05) is 11.8 Å². The lowest BCUT2D eigenvalue weighted by Gasteiger charge is -2.40. The molecule has 4 aromatic rings. The molecule has 7 rings (SSSR count). The van der Waals surface area contributed by atoms with Crippen LogP contribution in [-0.2, 0) is 22.7 Å². The lowest BCUT2D eigenvalue weighted by atomic mass is 9.94. The number of likely N-dealkylation sites (tertiary alicyclic amines) is 1. The standard InChI is InChI=1S/C33H35F2N7O4S/c1-32(2,3)46-31(43)40-29-18(10-36)24-27(37-12-22(34)28(24)47-29)23-21-15-45-14-20(21)19-11-38-30(39-26(19)25(23)35)41-9-6-17(13-41)42-8-5-7-33(4,44)16-42/h11-12,17,44H,5-9,13-16H2,1-4H3,(H,40,43)/t17-,33?/m0/s1. The number of nitrogens with zero attached hydrogens (tertiary/aromatic N) is 6. The first-order valence-electron chi connectivity index (χ1n) is 15.6. The summed E-state index contributed by atoms with van der Waals surface area (Å²) >= 11 is 0.857. The van der Waals surface area contributed by atoms with Gasteiger partial charge in [-0.05, 0) is 64.6 Å². The van der Waals surface area contributed by atoms with E-state index < -0.39 is 28.9 Å². The number of nitriles is 1. The van der Waals surface area contributed by atoms with Crippen molar-refractivity contribution in [1.29, 1.82) is 5.26 Å². The van der Waals surface area contributed by atoms with E-state index in [0.29, 0.717) is 42.1 Å². The molecule has 11 nitrogen and oxygen atoms in total. The number of aliphatic hydroxyl groups is 1. The van der Waals surface area contributed by atoms with Crippen molar-refractivity contribution < 1.29 is 28.2 Å². The average molecular weight is 664 g/mol. The van der Waals surface area contributed by atoms with Gasteiger partial charge in [0.15, 0.2) is 11.6 Å². The largest absolute Gasteiger partial charge is 0.444 e. The number of halogens is 2. The summed E-state index contributed by atoms with van der Waals surface area (Å²) in [4.78, 5) is 30.6. The van der Waals surface area contributed by atoms with E-state index in [2.05, 4.69) is 26.3 Å². The van der Waals surface area contributed by atoms with Crippen molar-refractivity contribution in [2.75, 3.05) is 36.4 Å². The first-order chi connectivity index (χ1) is 22.3. The summed E-state index contributed by atoms with van der Waals surface area (Å²) in [5, 5.41) is 24.1. The molecule has 2 atom stereocenters. The summed E-state index contributed by atoms with van der Waals surface area (Å²) in [7, 11) is 0. The molecule has 0 radical (unpaired) electrons. The molecule has 14 heteroatoms. The number of anilines is 2. The number of ether oxygens (including phenoxy) is 2. The Morgan fingerprint density at radius 2 is 2.02 bits per heavy atom. The summed E-state index contributed by atoms with van der Waals surface area (Å²) in [6, 6.07) is 2.28. The zero-order chi connectivity index (χ0) is 33.2. The molecule has 1 amide bonds. The number of amides is 1. The minimum Gasteiger partial charge on any atom is -0.444 e. The smallest absolute Gasteiger partial charge is 0.412 e. The molecular formula is C33H35F2N7O4S. The Hall–Kier alpha value is -4.03. The van der Waals surface area contributed by atoms with Crippen LogP contribution in [0.25, 0.3) is 32.2 Å². The van der Waals surface area contributed by atoms with Crippen LogP contribution in [0.15, 0.2) is 12.4 Å². The zero-order valence-corrected chi connectivity index (χ0v) is 27.4. The number of fused-ring (bicyclic) bond motifs is 4. The normalized spacial score (nSPS) is 21.7. The van der Waals surface area contributed by atoms with E-state index in [4.69, 9.17) is 14.5 Å². The van der Waals surface area contributed by atoms with Crippen LogP contribution in [0.5, 0.6) is 0 Å². The number of carbonyl (C=O) groups is 1. The van der Waals surface area contributed by atoms with Gasteiger partial charge >= 0.3 is 6.09 Å². The maximum absolute atomic E-state index is 16.9. The SMILES string of the molecule is CC1(O)CCCN([C@H]2CCN(c3ncc4c5c(c(-c6ncc(F)c7sc(NC(=O)OC(C)(C)C)c(C#N)c67)c(F)c4n3)COC5)C2)C1. The number of hydrogen-bond donors (Lipinski definition) is 2. The van der Waals surface area contributed by atoms with Crippen LogP contribution in [0.2, 0.25) is 0 Å². The lowest BCUT2D eigenvalue weighted by Crippen LogP contribution is -2.51. The Morgan fingerprint density at radius 1 is 1.23 bits per heavy atom. The Labute approximate surface area is 274 Å². The number of β-amino-alcohol motifs (C(OH)–C–C–N with tert-alkyl or cyclic N) is 1. The van der Waals surface area contributed by atoms with Gasteiger partial charge in [-0.3, -0.25) is 15.2 Å². The van der Waals surface area contributed by atoms with E-state index in [0.717, 1.165) is 43.3 Å². The van der Waals surface area contributed by atoms with Crippen LogP contribution in [0.3, 0.4) is 0 Å². The molecular weight excluding hydrogens is 628 g/mol. The molecule has 0 aliphatic carbocycles. The van der Waals surface area contributed by atoms with Gasteiger partial charge in [0.1, 0.15) is 22.2 Å². The number of rotatable bonds is 4. The van der Waals surface area contributed by atoms with Gasteiger partial charge in [0.05, 0.1) is 41.0 Å². The van der Waals surface area contributed by atoms with Crippen molar-refractivity contribution in [2.45, 2.75) is 77.4 Å². The molecule has 1 aromatic carbocycles. The highest BCUT2D eigenvalue weighted by Gasteiger charge is 2.37. The maximum Gasteiger partial charge on any atom is 0.412 e. The molecule has 3 aliphatic rings. The van der Waals surface area contributed by atoms with Crippen LogP contribution >= 0.6 is 11.3 Å². The van der Waals surface area contributed by atoms with Gasteiger partial charge in [-0.2, -0.15) is 5.26 Å². The summed E-state index contributed by atoms with van der Waals surface area (Å²) < 4.78 is 43.3. The third-order valence-electron chi connectivity index (χ3n) is 8.99. The van der Waals surface area contributed by atoms with Crippen molar-refractivity contribution in [1.82, 2.24) is 19.9 Å². The highest BCUT2D eigenvalue weighted by Crippen LogP contribution is 2.46. The molecule has 246 valence electrons. The molecule has 0 saturated carbocycles. The van der Waals surface area contributed by atoms with Gasteiger partial charge in [-0.1, -0.05) is 0 Å². The number of hydrogen-bond acceptors (Lipinski definition) is 11. The number of piperidine rings is 1. The van der Waals surface area contributed by atoms with E-state index in [1.165, 1.54) is 0 Å². The monoisotopic (exact) mass is 663 g/mol. The predicted octanol–water partition coefficient (Wildman–Crippen LogP) is 5.86. The van der Waals surface area contributed by atoms with E-state index in [1.54, 1.807) is 27.0 Å². The first-order valence-corrected chi connectivity index (χ1v) is 16.5. The van der Waals surface area contributed by atoms with Gasteiger partial charge in [-0.15, -0.1) is 11.3 Å². The molecule has 47 heavy (non-hydrogen) atoms. The fraction of sp³-hybridized carbons (Fsp3) is 0.485. The molecule has 6 heterocycles. The minimum atomic E-state index is -0.805. The van der Waals surface area contributed by atoms with Crippen LogP contribution in [0, 0.1) is 23.0 Å². The second-order valence-corrected chi connectivity index (χ2v) is 14.8.